The van der Waals surface area contributed by atoms with Crippen LogP contribution in [0.25, 0.3) is 0 Å². The predicted octanol–water partition coefficient (Wildman–Crippen LogP) is 3.25. The molecule has 0 heterocycles. The molecular formula is C15H26O4. The van der Waals surface area contributed by atoms with E-state index in [1.165, 1.54) is 0 Å². The van der Waals surface area contributed by atoms with Crippen molar-refractivity contribution < 1.29 is 19.1 Å². The molecule has 0 aliphatic rings. The fourth-order valence-electron chi connectivity index (χ4n) is 1.25. The molecule has 0 aromatic carbocycles. The Morgan fingerprint density at radius 1 is 1.11 bits per heavy atom. The van der Waals surface area contributed by atoms with Gasteiger partial charge in [-0.1, -0.05) is 33.8 Å². The van der Waals surface area contributed by atoms with Crippen molar-refractivity contribution in [2.45, 2.75) is 60.0 Å². The monoisotopic (exact) mass is 270 g/mol. The van der Waals surface area contributed by atoms with E-state index in [2.05, 4.69) is 0 Å². The lowest BCUT2D eigenvalue weighted by Crippen LogP contribution is -2.21. The van der Waals surface area contributed by atoms with Gasteiger partial charge >= 0.3 is 11.9 Å². The smallest absolute Gasteiger partial charge is 0.337 e. The van der Waals surface area contributed by atoms with Gasteiger partial charge in [0.15, 0.2) is 0 Å². The molecule has 4 heteroatoms. The molecule has 0 aromatic rings. The quantitative estimate of drug-likeness (QED) is 0.502. The molecule has 2 atom stereocenters. The van der Waals surface area contributed by atoms with Crippen LogP contribution in [0.5, 0.6) is 0 Å². The van der Waals surface area contributed by atoms with Gasteiger partial charge in [0.2, 0.25) is 0 Å². The number of hydrogen-bond acceptors (Lipinski definition) is 4. The van der Waals surface area contributed by atoms with Gasteiger partial charge in [0.25, 0.3) is 0 Å². The van der Waals surface area contributed by atoms with Crippen molar-refractivity contribution in [3.63, 3.8) is 0 Å². The Bertz CT molecular complexity index is 320. The van der Waals surface area contributed by atoms with Crippen LogP contribution in [0, 0.1) is 5.92 Å². The standard InChI is InChI=1S/C15H26O4/c1-6-9-13(15(17)19-12(5)8-3)10-18-14(16)11(4)7-2/h9,11-12H,6-8,10H2,1-5H3. The van der Waals surface area contributed by atoms with Crippen molar-refractivity contribution in [2.75, 3.05) is 6.61 Å². The molecule has 0 aliphatic heterocycles. The third kappa shape index (κ3) is 6.99. The second kappa shape index (κ2) is 9.59. The fraction of sp³-hybridized carbons (Fsp3) is 0.733. The van der Waals surface area contributed by atoms with E-state index in [0.29, 0.717) is 12.0 Å². The summed E-state index contributed by atoms with van der Waals surface area (Å²) in [5.41, 5.74) is 0.416. The van der Waals surface area contributed by atoms with E-state index in [1.807, 2.05) is 34.6 Å². The molecule has 0 bridgehead atoms. The highest BCUT2D eigenvalue weighted by Gasteiger charge is 2.17. The highest BCUT2D eigenvalue weighted by molar-refractivity contribution is 5.89. The summed E-state index contributed by atoms with van der Waals surface area (Å²) in [5, 5.41) is 0. The lowest BCUT2D eigenvalue weighted by molar-refractivity contribution is -0.149. The van der Waals surface area contributed by atoms with Gasteiger partial charge in [-0.2, -0.15) is 0 Å². The largest absolute Gasteiger partial charge is 0.460 e. The number of carbonyl (C=O) groups excluding carboxylic acids is 2. The minimum Gasteiger partial charge on any atom is -0.460 e. The van der Waals surface area contributed by atoms with Gasteiger partial charge in [0.1, 0.15) is 6.61 Å². The average molecular weight is 270 g/mol. The Morgan fingerprint density at radius 2 is 1.74 bits per heavy atom. The average Bonchev–Trinajstić information content (AvgIpc) is 2.41. The topological polar surface area (TPSA) is 52.6 Å². The lowest BCUT2D eigenvalue weighted by Gasteiger charge is -2.14. The van der Waals surface area contributed by atoms with Crippen LogP contribution in [-0.2, 0) is 19.1 Å². The Kier molecular flexibility index (Phi) is 8.92. The second-order valence-corrected chi connectivity index (χ2v) is 4.68. The Balaban J connectivity index is 4.47. The number of ether oxygens (including phenoxy) is 2. The van der Waals surface area contributed by atoms with E-state index in [9.17, 15) is 9.59 Å². The first-order valence-corrected chi connectivity index (χ1v) is 7.02. The summed E-state index contributed by atoms with van der Waals surface area (Å²) in [6, 6.07) is 0. The number of hydrogen-bond donors (Lipinski definition) is 0. The zero-order valence-electron chi connectivity index (χ0n) is 12.7. The van der Waals surface area contributed by atoms with Crippen molar-refractivity contribution in [3.8, 4) is 0 Å². The summed E-state index contributed by atoms with van der Waals surface area (Å²) in [6.45, 7) is 9.44. The van der Waals surface area contributed by atoms with Gasteiger partial charge in [-0.25, -0.2) is 4.79 Å². The molecule has 0 rings (SSSR count). The van der Waals surface area contributed by atoms with E-state index >= 15 is 0 Å². The van der Waals surface area contributed by atoms with E-state index < -0.39 is 5.97 Å². The Labute approximate surface area is 116 Å². The highest BCUT2D eigenvalue weighted by atomic mass is 16.6. The SMILES string of the molecule is CCC=C(COC(=O)C(C)CC)C(=O)OC(C)CC. The molecule has 0 N–H and O–H groups in total. The van der Waals surface area contributed by atoms with E-state index in [-0.39, 0.29) is 24.6 Å². The van der Waals surface area contributed by atoms with Crippen molar-refractivity contribution in [1.82, 2.24) is 0 Å². The van der Waals surface area contributed by atoms with Gasteiger partial charge in [0.05, 0.1) is 17.6 Å². The van der Waals surface area contributed by atoms with Crippen LogP contribution < -0.4 is 0 Å². The van der Waals surface area contributed by atoms with Crippen LogP contribution in [0.2, 0.25) is 0 Å². The molecule has 0 saturated carbocycles. The molecule has 19 heavy (non-hydrogen) atoms. The zero-order chi connectivity index (χ0) is 14.8. The first-order valence-electron chi connectivity index (χ1n) is 7.02. The maximum atomic E-state index is 11.9. The van der Waals surface area contributed by atoms with Crippen LogP contribution in [-0.4, -0.2) is 24.6 Å². The van der Waals surface area contributed by atoms with Gasteiger partial charge < -0.3 is 9.47 Å². The minimum absolute atomic E-state index is 0.00766. The normalized spacial score (nSPS) is 14.7. The number of carbonyl (C=O) groups is 2. The van der Waals surface area contributed by atoms with Crippen LogP contribution >= 0.6 is 0 Å². The van der Waals surface area contributed by atoms with Gasteiger partial charge in [-0.15, -0.1) is 0 Å². The Morgan fingerprint density at radius 3 is 2.21 bits per heavy atom. The third-order valence-electron chi connectivity index (χ3n) is 2.98. The summed E-state index contributed by atoms with van der Waals surface area (Å²) in [5.74, 6) is -0.817. The van der Waals surface area contributed by atoms with Crippen LogP contribution in [0.3, 0.4) is 0 Å². The molecule has 0 aromatic heterocycles. The molecule has 2 unspecified atom stereocenters. The van der Waals surface area contributed by atoms with Gasteiger partial charge in [-0.05, 0) is 26.2 Å². The van der Waals surface area contributed by atoms with Crippen molar-refractivity contribution in [3.05, 3.63) is 11.6 Å². The van der Waals surface area contributed by atoms with Crippen LogP contribution in [0.1, 0.15) is 53.9 Å². The molecule has 4 nitrogen and oxygen atoms in total. The second-order valence-electron chi connectivity index (χ2n) is 4.68. The first kappa shape index (κ1) is 17.7. The Hall–Kier alpha value is -1.32. The minimum atomic E-state index is -0.395. The fourth-order valence-corrected chi connectivity index (χ4v) is 1.25. The number of rotatable bonds is 8. The number of allylic oxidation sites excluding steroid dienone is 1. The van der Waals surface area contributed by atoms with Gasteiger partial charge in [-0.3, -0.25) is 4.79 Å². The lowest BCUT2D eigenvalue weighted by atomic mass is 10.1. The van der Waals surface area contributed by atoms with Crippen molar-refractivity contribution in [2.24, 2.45) is 5.92 Å². The zero-order valence-corrected chi connectivity index (χ0v) is 12.7. The predicted molar refractivity (Wildman–Crippen MR) is 74.6 cm³/mol. The molecule has 0 spiro atoms. The van der Waals surface area contributed by atoms with Crippen LogP contribution in [0.4, 0.5) is 0 Å². The van der Waals surface area contributed by atoms with Crippen molar-refractivity contribution >= 4 is 11.9 Å². The summed E-state index contributed by atoms with van der Waals surface area (Å²) >= 11 is 0. The molecule has 110 valence electrons. The maximum absolute atomic E-state index is 11.9. The molecule has 0 fully saturated rings. The summed E-state index contributed by atoms with van der Waals surface area (Å²) in [4.78, 5) is 23.5. The summed E-state index contributed by atoms with van der Waals surface area (Å²) < 4.78 is 10.4. The highest BCUT2D eigenvalue weighted by Crippen LogP contribution is 2.09. The first-order chi connectivity index (χ1) is 8.96. The molecule has 0 amide bonds. The van der Waals surface area contributed by atoms with E-state index in [0.717, 1.165) is 12.8 Å². The van der Waals surface area contributed by atoms with Crippen molar-refractivity contribution in [1.29, 1.82) is 0 Å². The number of esters is 2. The molecule has 0 saturated heterocycles. The molecule has 0 aliphatic carbocycles. The maximum Gasteiger partial charge on any atom is 0.337 e. The van der Waals surface area contributed by atoms with Crippen LogP contribution in [0.15, 0.2) is 11.6 Å². The van der Waals surface area contributed by atoms with E-state index in [1.54, 1.807) is 6.08 Å². The third-order valence-corrected chi connectivity index (χ3v) is 2.98. The summed E-state index contributed by atoms with van der Waals surface area (Å²) in [7, 11) is 0. The van der Waals surface area contributed by atoms with Gasteiger partial charge in [0, 0.05) is 0 Å². The van der Waals surface area contributed by atoms with E-state index in [4.69, 9.17) is 9.47 Å². The summed E-state index contributed by atoms with van der Waals surface area (Å²) in [6.07, 6.45) is 3.80. The molecular weight excluding hydrogens is 244 g/mol. The molecule has 0 radical (unpaired) electrons.